The lowest BCUT2D eigenvalue weighted by molar-refractivity contribution is -0.192. The van der Waals surface area contributed by atoms with Crippen molar-refractivity contribution in [1.82, 2.24) is 19.6 Å². The SMILES string of the molecule is CN(C)C(=O)COCC12CCCOC1CCN(Cc1cnn(C)c1)C2.O=C(O)C(F)(F)F. The number of carboxylic acid groups (broad SMARTS) is 1. The highest BCUT2D eigenvalue weighted by atomic mass is 19.4. The van der Waals surface area contributed by atoms with Crippen LogP contribution in [0.25, 0.3) is 0 Å². The summed E-state index contributed by atoms with van der Waals surface area (Å²) in [5.41, 5.74) is 1.22. The Balaban J connectivity index is 0.000000451. The van der Waals surface area contributed by atoms with Gasteiger partial charge in [0, 0.05) is 64.6 Å². The number of carbonyl (C=O) groups is 2. The maximum Gasteiger partial charge on any atom is 0.490 e. The number of aromatic nitrogens is 2. The molecule has 0 bridgehead atoms. The number of rotatable bonds is 6. The molecule has 9 nitrogen and oxygen atoms in total. The molecule has 0 saturated carbocycles. The predicted molar refractivity (Wildman–Crippen MR) is 108 cm³/mol. The van der Waals surface area contributed by atoms with Gasteiger partial charge in [0.2, 0.25) is 5.91 Å². The lowest BCUT2D eigenvalue weighted by Crippen LogP contribution is -2.56. The van der Waals surface area contributed by atoms with Crippen LogP contribution in [0.5, 0.6) is 0 Å². The molecule has 2 unspecified atom stereocenters. The van der Waals surface area contributed by atoms with E-state index in [0.29, 0.717) is 6.61 Å². The van der Waals surface area contributed by atoms with E-state index in [-0.39, 0.29) is 24.0 Å². The number of aliphatic carboxylic acids is 1. The largest absolute Gasteiger partial charge is 0.490 e. The smallest absolute Gasteiger partial charge is 0.475 e. The van der Waals surface area contributed by atoms with Crippen molar-refractivity contribution in [3.63, 3.8) is 0 Å². The zero-order chi connectivity index (χ0) is 23.9. The molecule has 0 aliphatic carbocycles. The lowest BCUT2D eigenvalue weighted by Gasteiger charge is -2.50. The summed E-state index contributed by atoms with van der Waals surface area (Å²) in [6.45, 7) is 4.44. The molecule has 1 amide bonds. The Hall–Kier alpha value is -2.18. The van der Waals surface area contributed by atoms with Crippen molar-refractivity contribution in [3.8, 4) is 0 Å². The predicted octanol–water partition coefficient (Wildman–Crippen LogP) is 1.53. The van der Waals surface area contributed by atoms with Crippen LogP contribution in [0.4, 0.5) is 13.2 Å². The first-order valence-electron chi connectivity index (χ1n) is 10.3. The molecule has 0 spiro atoms. The number of likely N-dealkylation sites (N-methyl/N-ethyl adjacent to an activating group) is 1. The van der Waals surface area contributed by atoms with E-state index in [1.165, 1.54) is 5.56 Å². The number of hydrogen-bond acceptors (Lipinski definition) is 6. The Kier molecular flexibility index (Phi) is 9.05. The van der Waals surface area contributed by atoms with Gasteiger partial charge < -0.3 is 19.5 Å². The summed E-state index contributed by atoms with van der Waals surface area (Å²) in [6.07, 6.45) is 2.33. The standard InChI is InChI=1S/C18H30N4O3.C2HF3O2/c1-20(2)17(23)12-24-14-18-6-4-8-25-16(18)5-7-22(13-18)11-15-9-19-21(3)10-15;3-2(4,5)1(6)7/h9-10,16H,4-8,11-14H2,1-3H3;(H,6,7). The molecule has 2 saturated heterocycles. The van der Waals surface area contributed by atoms with Gasteiger partial charge in [0.25, 0.3) is 0 Å². The van der Waals surface area contributed by atoms with E-state index < -0.39 is 12.1 Å². The Morgan fingerprint density at radius 1 is 1.41 bits per heavy atom. The van der Waals surface area contributed by atoms with E-state index in [0.717, 1.165) is 45.5 Å². The third kappa shape index (κ3) is 7.45. The molecule has 182 valence electrons. The minimum Gasteiger partial charge on any atom is -0.475 e. The van der Waals surface area contributed by atoms with Gasteiger partial charge in [-0.2, -0.15) is 18.3 Å². The van der Waals surface area contributed by atoms with Crippen molar-refractivity contribution in [2.45, 2.75) is 38.1 Å². The van der Waals surface area contributed by atoms with Crippen LogP contribution in [-0.2, 0) is 32.7 Å². The topological polar surface area (TPSA) is 97.1 Å². The van der Waals surface area contributed by atoms with Crippen LogP contribution < -0.4 is 0 Å². The third-order valence-corrected chi connectivity index (χ3v) is 5.59. The van der Waals surface area contributed by atoms with E-state index in [1.807, 2.05) is 17.9 Å². The highest BCUT2D eigenvalue weighted by Crippen LogP contribution is 2.40. The van der Waals surface area contributed by atoms with Gasteiger partial charge in [-0.1, -0.05) is 0 Å². The molecule has 2 aliphatic rings. The van der Waals surface area contributed by atoms with Crippen molar-refractivity contribution < 1.29 is 37.3 Å². The summed E-state index contributed by atoms with van der Waals surface area (Å²) in [7, 11) is 5.46. The maximum atomic E-state index is 11.8. The molecular formula is C20H31F3N4O5. The number of ether oxygens (including phenoxy) is 2. The van der Waals surface area contributed by atoms with Gasteiger partial charge in [-0.25, -0.2) is 4.79 Å². The Labute approximate surface area is 185 Å². The number of aryl methyl sites for hydroxylation is 1. The van der Waals surface area contributed by atoms with Crippen molar-refractivity contribution in [2.24, 2.45) is 12.5 Å². The van der Waals surface area contributed by atoms with Crippen LogP contribution in [-0.4, -0.2) is 95.8 Å². The molecular weight excluding hydrogens is 433 g/mol. The van der Waals surface area contributed by atoms with E-state index in [2.05, 4.69) is 16.2 Å². The average molecular weight is 464 g/mol. The molecule has 1 aromatic rings. The molecule has 2 fully saturated rings. The number of piperidine rings is 1. The molecule has 3 heterocycles. The van der Waals surface area contributed by atoms with Crippen molar-refractivity contribution in [1.29, 1.82) is 0 Å². The number of amides is 1. The molecule has 0 radical (unpaired) electrons. The summed E-state index contributed by atoms with van der Waals surface area (Å²) in [5, 5.41) is 11.4. The molecule has 32 heavy (non-hydrogen) atoms. The minimum atomic E-state index is -5.08. The molecule has 2 atom stereocenters. The van der Waals surface area contributed by atoms with Gasteiger partial charge in [0.15, 0.2) is 0 Å². The Morgan fingerprint density at radius 2 is 2.09 bits per heavy atom. The summed E-state index contributed by atoms with van der Waals surface area (Å²) >= 11 is 0. The number of nitrogens with zero attached hydrogens (tertiary/aromatic N) is 4. The third-order valence-electron chi connectivity index (χ3n) is 5.59. The van der Waals surface area contributed by atoms with Gasteiger partial charge in [0.1, 0.15) is 6.61 Å². The number of likely N-dealkylation sites (tertiary alicyclic amines) is 1. The zero-order valence-corrected chi connectivity index (χ0v) is 18.6. The van der Waals surface area contributed by atoms with Crippen LogP contribution in [0.1, 0.15) is 24.8 Å². The van der Waals surface area contributed by atoms with Crippen LogP contribution in [0.3, 0.4) is 0 Å². The van der Waals surface area contributed by atoms with Gasteiger partial charge in [-0.05, 0) is 19.3 Å². The van der Waals surface area contributed by atoms with Crippen LogP contribution in [0, 0.1) is 5.41 Å². The van der Waals surface area contributed by atoms with E-state index in [1.54, 1.807) is 19.0 Å². The summed E-state index contributed by atoms with van der Waals surface area (Å²) in [6, 6.07) is 0. The second-order valence-corrected chi connectivity index (χ2v) is 8.43. The first-order chi connectivity index (χ1) is 14.9. The number of fused-ring (bicyclic) bond motifs is 1. The Morgan fingerprint density at radius 3 is 2.66 bits per heavy atom. The van der Waals surface area contributed by atoms with Gasteiger partial charge >= 0.3 is 12.1 Å². The normalized spacial score (nSPS) is 23.6. The maximum absolute atomic E-state index is 11.8. The minimum absolute atomic E-state index is 0.00713. The second kappa shape index (κ2) is 11.1. The van der Waals surface area contributed by atoms with Gasteiger partial charge in [0.05, 0.1) is 18.9 Å². The van der Waals surface area contributed by atoms with Crippen molar-refractivity contribution in [3.05, 3.63) is 18.0 Å². The van der Waals surface area contributed by atoms with Crippen molar-refractivity contribution >= 4 is 11.9 Å². The molecule has 0 aromatic carbocycles. The molecule has 3 rings (SSSR count). The highest BCUT2D eigenvalue weighted by molar-refractivity contribution is 5.76. The van der Waals surface area contributed by atoms with Gasteiger partial charge in [-0.3, -0.25) is 14.4 Å². The summed E-state index contributed by atoms with van der Waals surface area (Å²) in [4.78, 5) is 24.7. The first kappa shape index (κ1) is 26.1. The molecule has 1 aromatic heterocycles. The summed E-state index contributed by atoms with van der Waals surface area (Å²) < 4.78 is 45.5. The average Bonchev–Trinajstić information content (AvgIpc) is 3.11. The number of carboxylic acids is 1. The van der Waals surface area contributed by atoms with Crippen LogP contribution >= 0.6 is 0 Å². The number of alkyl halides is 3. The molecule has 1 N–H and O–H groups in total. The summed E-state index contributed by atoms with van der Waals surface area (Å²) in [5.74, 6) is -2.75. The number of carbonyl (C=O) groups excluding carboxylic acids is 1. The quantitative estimate of drug-likeness (QED) is 0.682. The first-order valence-corrected chi connectivity index (χ1v) is 10.3. The van der Waals surface area contributed by atoms with Crippen LogP contribution in [0.15, 0.2) is 12.4 Å². The van der Waals surface area contributed by atoms with E-state index >= 15 is 0 Å². The fourth-order valence-corrected chi connectivity index (χ4v) is 4.01. The van der Waals surface area contributed by atoms with E-state index in [4.69, 9.17) is 19.4 Å². The highest BCUT2D eigenvalue weighted by Gasteiger charge is 2.46. The molecule has 2 aliphatic heterocycles. The fourth-order valence-electron chi connectivity index (χ4n) is 4.01. The van der Waals surface area contributed by atoms with Crippen LogP contribution in [0.2, 0.25) is 0 Å². The fraction of sp³-hybridized carbons (Fsp3) is 0.750. The molecule has 12 heteroatoms. The van der Waals surface area contributed by atoms with Crippen molar-refractivity contribution in [2.75, 3.05) is 47.0 Å². The number of halogens is 3. The zero-order valence-electron chi connectivity index (χ0n) is 18.6. The Bertz CT molecular complexity index is 771. The van der Waals surface area contributed by atoms with E-state index in [9.17, 15) is 18.0 Å². The monoisotopic (exact) mass is 464 g/mol. The van der Waals surface area contributed by atoms with Gasteiger partial charge in [-0.15, -0.1) is 0 Å². The second-order valence-electron chi connectivity index (χ2n) is 8.43. The number of hydrogen-bond donors (Lipinski definition) is 1. The lowest BCUT2D eigenvalue weighted by atomic mass is 9.73.